The zero-order chi connectivity index (χ0) is 14.0. The van der Waals surface area contributed by atoms with Crippen molar-refractivity contribution in [2.75, 3.05) is 11.5 Å². The second kappa shape index (κ2) is 9.01. The summed E-state index contributed by atoms with van der Waals surface area (Å²) in [5, 5.41) is 1.25. The molecule has 0 heterocycles. The monoisotopic (exact) mass is 350 g/mol. The summed E-state index contributed by atoms with van der Waals surface area (Å²) in [6.07, 6.45) is 1.20. The minimum absolute atomic E-state index is 0.240. The predicted octanol–water partition coefficient (Wildman–Crippen LogP) is 3.44. The molecule has 0 amide bonds. The Balaban J connectivity index is 1.57. The van der Waals surface area contributed by atoms with Crippen LogP contribution in [0.4, 0.5) is 0 Å². The zero-order valence-electron chi connectivity index (χ0n) is 11.3. The van der Waals surface area contributed by atoms with Crippen molar-refractivity contribution in [1.29, 1.82) is 0 Å². The molecule has 0 radical (unpaired) electrons. The maximum atomic E-state index is 11.9. The Morgan fingerprint density at radius 2 is 1.60 bits per heavy atom. The van der Waals surface area contributed by atoms with E-state index in [2.05, 4.69) is 30.3 Å². The third-order valence-electron chi connectivity index (χ3n) is 2.77. The molecule has 0 spiro atoms. The van der Waals surface area contributed by atoms with Crippen LogP contribution >= 0.6 is 11.8 Å². The predicted molar refractivity (Wildman–Crippen MR) is 89.4 cm³/mol. The Bertz CT molecular complexity index is 513. The Morgan fingerprint density at radius 3 is 2.30 bits per heavy atom. The average Bonchev–Trinajstić information content (AvgIpc) is 2.52. The van der Waals surface area contributed by atoms with E-state index in [1.54, 1.807) is 11.8 Å². The second-order valence-corrected chi connectivity index (χ2v) is 7.91. The molecule has 0 N–H and O–H groups in total. The van der Waals surface area contributed by atoms with Crippen molar-refractivity contribution in [3.05, 3.63) is 66.2 Å². The molecule has 2 rings (SSSR count). The topological polar surface area (TPSA) is 17.1 Å². The van der Waals surface area contributed by atoms with E-state index in [0.717, 1.165) is 11.3 Å². The molecule has 2 aromatic carbocycles. The van der Waals surface area contributed by atoms with Crippen molar-refractivity contribution in [2.24, 2.45) is 0 Å². The number of thioether (sulfide) groups is 1. The Labute approximate surface area is 131 Å². The van der Waals surface area contributed by atoms with Gasteiger partial charge in [-0.05, 0) is 0 Å². The molecule has 0 aromatic heterocycles. The van der Waals surface area contributed by atoms with E-state index in [-0.39, 0.29) is 5.78 Å². The van der Waals surface area contributed by atoms with Gasteiger partial charge >= 0.3 is 131 Å². The summed E-state index contributed by atoms with van der Waals surface area (Å²) < 4.78 is 1.46. The van der Waals surface area contributed by atoms with Crippen LogP contribution in [0.3, 0.4) is 0 Å². The normalized spacial score (nSPS) is 10.4. The molecule has 1 nitrogen and oxygen atoms in total. The fraction of sp³-hybridized carbons (Fsp3) is 0.235. The molecular formula is C17H18OSSe. The number of Topliss-reactive ketones (excluding diaryl/α,β-unsaturated/α-hetero) is 1. The van der Waals surface area contributed by atoms with Gasteiger partial charge in [-0.3, -0.25) is 0 Å². The number of ketones is 1. The fourth-order valence-electron chi connectivity index (χ4n) is 1.74. The van der Waals surface area contributed by atoms with Crippen LogP contribution in [0, 0.1) is 0 Å². The number of rotatable bonds is 8. The number of benzene rings is 2. The summed E-state index contributed by atoms with van der Waals surface area (Å²) in [5.74, 6) is 1.92. The summed E-state index contributed by atoms with van der Waals surface area (Å²) in [7, 11) is 0. The van der Waals surface area contributed by atoms with Gasteiger partial charge in [-0.2, -0.15) is 0 Å². The van der Waals surface area contributed by atoms with E-state index in [4.69, 9.17) is 0 Å². The Kier molecular flexibility index (Phi) is 6.93. The second-order valence-electron chi connectivity index (χ2n) is 4.36. The summed E-state index contributed by atoms with van der Waals surface area (Å²) in [4.78, 5) is 11.9. The molecular weight excluding hydrogens is 331 g/mol. The van der Waals surface area contributed by atoms with Gasteiger partial charge in [-0.1, -0.05) is 0 Å². The van der Waals surface area contributed by atoms with Crippen molar-refractivity contribution in [2.45, 2.75) is 11.7 Å². The van der Waals surface area contributed by atoms with Gasteiger partial charge in [0, 0.05) is 0 Å². The average molecular weight is 349 g/mol. The molecule has 0 aliphatic carbocycles. The van der Waals surface area contributed by atoms with Gasteiger partial charge < -0.3 is 0 Å². The van der Waals surface area contributed by atoms with Gasteiger partial charge in [0.25, 0.3) is 0 Å². The molecule has 0 atom stereocenters. The van der Waals surface area contributed by atoms with Crippen LogP contribution in [0.25, 0.3) is 0 Å². The van der Waals surface area contributed by atoms with E-state index in [0.29, 0.717) is 20.7 Å². The SMILES string of the molecule is O=C(CSCCC[Se]c1ccccc1)c1ccccc1. The summed E-state index contributed by atoms with van der Waals surface area (Å²) >= 11 is 2.33. The molecule has 20 heavy (non-hydrogen) atoms. The fourth-order valence-corrected chi connectivity index (χ4v) is 4.83. The van der Waals surface area contributed by atoms with Crippen molar-refractivity contribution in [1.82, 2.24) is 0 Å². The number of carbonyl (C=O) groups is 1. The van der Waals surface area contributed by atoms with Crippen LogP contribution in [0.2, 0.25) is 5.32 Å². The third-order valence-corrected chi connectivity index (χ3v) is 6.12. The first-order valence-corrected chi connectivity index (χ1v) is 9.92. The number of hydrogen-bond donors (Lipinski definition) is 0. The van der Waals surface area contributed by atoms with Crippen molar-refractivity contribution in [3.8, 4) is 0 Å². The van der Waals surface area contributed by atoms with Crippen molar-refractivity contribution < 1.29 is 4.79 Å². The van der Waals surface area contributed by atoms with Gasteiger partial charge in [0.1, 0.15) is 0 Å². The molecule has 0 saturated heterocycles. The summed E-state index contributed by atoms with van der Waals surface area (Å²) in [6.45, 7) is 0. The molecule has 0 aliphatic rings. The van der Waals surface area contributed by atoms with Gasteiger partial charge in [0.15, 0.2) is 0 Å². The molecule has 0 fully saturated rings. The van der Waals surface area contributed by atoms with Gasteiger partial charge in [0.2, 0.25) is 0 Å². The standard InChI is InChI=1S/C17H18OSSe/c18-17(15-8-3-1-4-9-15)14-19-12-7-13-20-16-10-5-2-6-11-16/h1-6,8-11H,7,12-14H2. The van der Waals surface area contributed by atoms with E-state index in [1.165, 1.54) is 16.2 Å². The van der Waals surface area contributed by atoms with Gasteiger partial charge in [0.05, 0.1) is 0 Å². The summed E-state index contributed by atoms with van der Waals surface area (Å²) in [6, 6.07) is 20.2. The first-order chi connectivity index (χ1) is 9.86. The van der Waals surface area contributed by atoms with Gasteiger partial charge in [-0.25, -0.2) is 0 Å². The van der Waals surface area contributed by atoms with E-state index >= 15 is 0 Å². The van der Waals surface area contributed by atoms with Crippen LogP contribution < -0.4 is 4.46 Å². The van der Waals surface area contributed by atoms with Crippen molar-refractivity contribution in [3.63, 3.8) is 0 Å². The molecule has 0 saturated carbocycles. The molecule has 104 valence electrons. The minimum atomic E-state index is 0.240. The Morgan fingerprint density at radius 1 is 0.950 bits per heavy atom. The van der Waals surface area contributed by atoms with E-state index in [1.807, 2.05) is 30.3 Å². The van der Waals surface area contributed by atoms with Crippen LogP contribution in [-0.2, 0) is 0 Å². The van der Waals surface area contributed by atoms with Crippen LogP contribution in [-0.4, -0.2) is 32.2 Å². The first-order valence-electron chi connectivity index (χ1n) is 6.70. The van der Waals surface area contributed by atoms with Crippen molar-refractivity contribution >= 4 is 37.0 Å². The Hall–Kier alpha value is -1.02. The first kappa shape index (κ1) is 15.4. The zero-order valence-corrected chi connectivity index (χ0v) is 13.9. The molecule has 3 heteroatoms. The number of carbonyl (C=O) groups excluding carboxylic acids is 1. The van der Waals surface area contributed by atoms with Gasteiger partial charge in [-0.15, -0.1) is 0 Å². The summed E-state index contributed by atoms with van der Waals surface area (Å²) in [5.41, 5.74) is 0.827. The molecule has 0 aliphatic heterocycles. The molecule has 0 unspecified atom stereocenters. The number of hydrogen-bond acceptors (Lipinski definition) is 2. The van der Waals surface area contributed by atoms with Crippen LogP contribution in [0.5, 0.6) is 0 Å². The quantitative estimate of drug-likeness (QED) is 0.413. The van der Waals surface area contributed by atoms with Crippen LogP contribution in [0.1, 0.15) is 16.8 Å². The molecule has 2 aromatic rings. The third kappa shape index (κ3) is 5.54. The van der Waals surface area contributed by atoms with E-state index in [9.17, 15) is 4.79 Å². The van der Waals surface area contributed by atoms with E-state index < -0.39 is 0 Å². The molecule has 0 bridgehead atoms. The maximum absolute atomic E-state index is 11.9. The van der Waals surface area contributed by atoms with Crippen LogP contribution in [0.15, 0.2) is 60.7 Å².